The number of aliphatic carboxylic acids is 1. The summed E-state index contributed by atoms with van der Waals surface area (Å²) >= 11 is 0. The zero-order valence-corrected chi connectivity index (χ0v) is 10.1. The molecule has 1 rings (SSSR count). The molecule has 0 radical (unpaired) electrons. The lowest BCUT2D eigenvalue weighted by Gasteiger charge is -2.09. The maximum Gasteiger partial charge on any atom is 0.310 e. The van der Waals surface area contributed by atoms with Crippen molar-refractivity contribution in [1.82, 2.24) is 0 Å². The van der Waals surface area contributed by atoms with Crippen molar-refractivity contribution in [3.8, 4) is 0 Å². The molecule has 0 amide bonds. The topological polar surface area (TPSA) is 83.5 Å². The van der Waals surface area contributed by atoms with E-state index in [0.717, 1.165) is 12.3 Å². The van der Waals surface area contributed by atoms with E-state index in [2.05, 4.69) is 0 Å². The molecule has 0 fully saturated rings. The van der Waals surface area contributed by atoms with Crippen molar-refractivity contribution in [3.05, 3.63) is 29.6 Å². The van der Waals surface area contributed by atoms with Crippen molar-refractivity contribution in [2.24, 2.45) is 0 Å². The number of carbonyl (C=O) groups is 1. The van der Waals surface area contributed by atoms with Gasteiger partial charge in [-0.25, -0.2) is 12.8 Å². The van der Waals surface area contributed by atoms with Crippen LogP contribution in [0, 0.1) is 5.82 Å². The molecule has 2 N–H and O–H groups in total. The van der Waals surface area contributed by atoms with Crippen LogP contribution in [0.4, 0.5) is 10.1 Å². The van der Waals surface area contributed by atoms with Crippen molar-refractivity contribution < 1.29 is 22.7 Å². The summed E-state index contributed by atoms with van der Waals surface area (Å²) in [4.78, 5) is 10.7. The Labute approximate surface area is 98.3 Å². The van der Waals surface area contributed by atoms with Gasteiger partial charge >= 0.3 is 5.97 Å². The van der Waals surface area contributed by atoms with Crippen LogP contribution in [-0.4, -0.2) is 25.7 Å². The predicted octanol–water partition coefficient (Wildman–Crippen LogP) is 1.39. The van der Waals surface area contributed by atoms with E-state index in [1.54, 1.807) is 0 Å². The van der Waals surface area contributed by atoms with Crippen molar-refractivity contribution in [3.63, 3.8) is 0 Å². The summed E-state index contributed by atoms with van der Waals surface area (Å²) in [6.45, 7) is 1.42. The van der Waals surface area contributed by atoms with Gasteiger partial charge in [0.1, 0.15) is 5.82 Å². The molecule has 0 bridgehead atoms. The highest BCUT2D eigenvalue weighted by molar-refractivity contribution is 7.92. The van der Waals surface area contributed by atoms with Gasteiger partial charge in [0.15, 0.2) is 0 Å². The Bertz CT molecular complexity index is 541. The molecule has 7 heteroatoms. The minimum Gasteiger partial charge on any atom is -0.481 e. The first-order valence-corrected chi connectivity index (χ1v) is 6.60. The Hall–Kier alpha value is -1.63. The number of sulfonamides is 1. The van der Waals surface area contributed by atoms with Crippen LogP contribution < -0.4 is 4.72 Å². The summed E-state index contributed by atoms with van der Waals surface area (Å²) in [6, 6.07) is 3.58. The molecule has 0 saturated heterocycles. The number of hydrogen-bond acceptors (Lipinski definition) is 3. The molecular formula is C10H12FNO4S. The molecule has 1 aromatic rings. The van der Waals surface area contributed by atoms with Crippen LogP contribution in [0.5, 0.6) is 0 Å². The second kappa shape index (κ2) is 4.70. The third kappa shape index (κ3) is 3.70. The summed E-state index contributed by atoms with van der Waals surface area (Å²) in [5.41, 5.74) is 0.0721. The van der Waals surface area contributed by atoms with E-state index in [-0.39, 0.29) is 11.3 Å². The van der Waals surface area contributed by atoms with Gasteiger partial charge in [-0.05, 0) is 24.6 Å². The van der Waals surface area contributed by atoms with Crippen LogP contribution in [0.2, 0.25) is 0 Å². The molecule has 0 aliphatic carbocycles. The Morgan fingerprint density at radius 3 is 2.47 bits per heavy atom. The summed E-state index contributed by atoms with van der Waals surface area (Å²) in [7, 11) is -3.56. The number of carboxylic acid groups (broad SMARTS) is 1. The number of benzene rings is 1. The van der Waals surface area contributed by atoms with Gasteiger partial charge in [0, 0.05) is 0 Å². The molecule has 94 valence electrons. The zero-order chi connectivity index (χ0) is 13.2. The van der Waals surface area contributed by atoms with Crippen LogP contribution in [0.3, 0.4) is 0 Å². The SMILES string of the molecule is C[C@@H](C(=O)O)c1ccc(NS(C)(=O)=O)c(F)c1. The molecule has 1 atom stereocenters. The van der Waals surface area contributed by atoms with Crippen molar-refractivity contribution in [2.75, 3.05) is 11.0 Å². The van der Waals surface area contributed by atoms with Crippen molar-refractivity contribution >= 4 is 21.7 Å². The number of anilines is 1. The monoisotopic (exact) mass is 261 g/mol. The molecule has 1 aromatic carbocycles. The normalized spacial score (nSPS) is 13.1. The van der Waals surface area contributed by atoms with E-state index in [0.29, 0.717) is 0 Å². The van der Waals surface area contributed by atoms with Gasteiger partial charge in [-0.1, -0.05) is 6.07 Å². The molecule has 0 unspecified atom stereocenters. The van der Waals surface area contributed by atoms with Gasteiger partial charge in [0.2, 0.25) is 10.0 Å². The zero-order valence-electron chi connectivity index (χ0n) is 9.27. The molecule has 0 heterocycles. The second-order valence-electron chi connectivity index (χ2n) is 3.67. The number of nitrogens with one attached hydrogen (secondary N) is 1. The second-order valence-corrected chi connectivity index (χ2v) is 5.42. The van der Waals surface area contributed by atoms with Crippen LogP contribution in [-0.2, 0) is 14.8 Å². The fourth-order valence-corrected chi connectivity index (χ4v) is 1.79. The van der Waals surface area contributed by atoms with Gasteiger partial charge in [0.25, 0.3) is 0 Å². The molecule has 0 spiro atoms. The lowest BCUT2D eigenvalue weighted by atomic mass is 10.0. The number of halogens is 1. The van der Waals surface area contributed by atoms with Crippen molar-refractivity contribution in [1.29, 1.82) is 0 Å². The lowest BCUT2D eigenvalue weighted by Crippen LogP contribution is -2.12. The average Bonchev–Trinajstić information content (AvgIpc) is 2.18. The molecule has 17 heavy (non-hydrogen) atoms. The highest BCUT2D eigenvalue weighted by Gasteiger charge is 2.16. The Balaban J connectivity index is 3.06. The first-order valence-electron chi connectivity index (χ1n) is 4.71. The van der Waals surface area contributed by atoms with E-state index < -0.39 is 27.7 Å². The summed E-state index contributed by atoms with van der Waals surface area (Å²) in [5, 5.41) is 8.75. The Morgan fingerprint density at radius 1 is 1.47 bits per heavy atom. The van der Waals surface area contributed by atoms with E-state index >= 15 is 0 Å². The summed E-state index contributed by atoms with van der Waals surface area (Å²) < 4.78 is 37.3. The smallest absolute Gasteiger partial charge is 0.310 e. The van der Waals surface area contributed by atoms with Gasteiger partial charge in [-0.15, -0.1) is 0 Å². The highest BCUT2D eigenvalue weighted by atomic mass is 32.2. The first-order chi connectivity index (χ1) is 7.70. The van der Waals surface area contributed by atoms with Gasteiger partial charge < -0.3 is 5.11 Å². The fourth-order valence-electron chi connectivity index (χ4n) is 1.23. The Morgan fingerprint density at radius 2 is 2.06 bits per heavy atom. The minimum atomic E-state index is -3.56. The Kier molecular flexibility index (Phi) is 3.72. The summed E-state index contributed by atoms with van der Waals surface area (Å²) in [6.07, 6.45) is 0.903. The van der Waals surface area contributed by atoms with E-state index in [9.17, 15) is 17.6 Å². The number of hydrogen-bond donors (Lipinski definition) is 2. The molecule has 5 nitrogen and oxygen atoms in total. The van der Waals surface area contributed by atoms with Gasteiger partial charge in [-0.2, -0.15) is 0 Å². The van der Waals surface area contributed by atoms with Gasteiger partial charge in [-0.3, -0.25) is 9.52 Å². The highest BCUT2D eigenvalue weighted by Crippen LogP contribution is 2.22. The lowest BCUT2D eigenvalue weighted by molar-refractivity contribution is -0.138. The maximum atomic E-state index is 13.5. The van der Waals surface area contributed by atoms with Crippen LogP contribution in [0.1, 0.15) is 18.4 Å². The first kappa shape index (κ1) is 13.4. The third-order valence-electron chi connectivity index (χ3n) is 2.16. The average molecular weight is 261 g/mol. The minimum absolute atomic E-state index is 0.200. The maximum absolute atomic E-state index is 13.5. The molecular weight excluding hydrogens is 249 g/mol. The number of carboxylic acids is 1. The fraction of sp³-hybridized carbons (Fsp3) is 0.300. The standard InChI is InChI=1S/C10H12FNO4S/c1-6(10(13)14)7-3-4-9(8(11)5-7)12-17(2,15)16/h3-6,12H,1-2H3,(H,13,14)/t6-/m1/s1. The van der Waals surface area contributed by atoms with E-state index in [1.165, 1.54) is 19.1 Å². The molecule has 0 aliphatic rings. The quantitative estimate of drug-likeness (QED) is 0.857. The molecule has 0 aromatic heterocycles. The summed E-state index contributed by atoms with van der Waals surface area (Å²) in [5.74, 6) is -2.73. The molecule has 0 aliphatic heterocycles. The van der Waals surface area contributed by atoms with Crippen molar-refractivity contribution in [2.45, 2.75) is 12.8 Å². The van der Waals surface area contributed by atoms with Crippen LogP contribution >= 0.6 is 0 Å². The van der Waals surface area contributed by atoms with Crippen LogP contribution in [0.25, 0.3) is 0 Å². The van der Waals surface area contributed by atoms with Crippen LogP contribution in [0.15, 0.2) is 18.2 Å². The third-order valence-corrected chi connectivity index (χ3v) is 2.75. The largest absolute Gasteiger partial charge is 0.481 e. The predicted molar refractivity (Wildman–Crippen MR) is 60.9 cm³/mol. The molecule has 0 saturated carbocycles. The van der Waals surface area contributed by atoms with Gasteiger partial charge in [0.05, 0.1) is 17.9 Å². The van der Waals surface area contributed by atoms with E-state index in [1.807, 2.05) is 4.72 Å². The van der Waals surface area contributed by atoms with E-state index in [4.69, 9.17) is 5.11 Å². The number of rotatable bonds is 4.